The summed E-state index contributed by atoms with van der Waals surface area (Å²) in [6, 6.07) is 1.91. The summed E-state index contributed by atoms with van der Waals surface area (Å²) >= 11 is 7.86. The summed E-state index contributed by atoms with van der Waals surface area (Å²) in [6.07, 6.45) is 3.99. The van der Waals surface area contributed by atoms with Crippen molar-refractivity contribution in [2.45, 2.75) is 52.8 Å². The molecule has 1 aromatic rings. The number of carbonyl (C=O) groups is 1. The van der Waals surface area contributed by atoms with Gasteiger partial charge in [-0.2, -0.15) is 0 Å². The highest BCUT2D eigenvalue weighted by atomic mass is 35.5. The summed E-state index contributed by atoms with van der Waals surface area (Å²) in [7, 11) is 0. The minimum Gasteiger partial charge on any atom is -0.444 e. The Hall–Kier alpha value is -1.50. The Morgan fingerprint density at radius 1 is 1.52 bits per heavy atom. The maximum absolute atomic E-state index is 12.0. The molecule has 2 rings (SSSR count). The van der Waals surface area contributed by atoms with Crippen LogP contribution in [0.2, 0.25) is 0 Å². The number of rotatable bonds is 3. The van der Waals surface area contributed by atoms with Gasteiger partial charge >= 0.3 is 6.09 Å². The summed E-state index contributed by atoms with van der Waals surface area (Å²) in [4.78, 5) is 12.0. The normalized spacial score (nSPS) is 24.4. The van der Waals surface area contributed by atoms with E-state index in [0.29, 0.717) is 10.0 Å². The first-order chi connectivity index (χ1) is 11.5. The fraction of sp³-hybridized carbons (Fsp3) is 0.500. The third-order valence-corrected chi connectivity index (χ3v) is 5.08. The first-order valence-corrected chi connectivity index (χ1v) is 9.41. The van der Waals surface area contributed by atoms with Gasteiger partial charge in [-0.3, -0.25) is 5.32 Å². The number of ether oxygens (including phenoxy) is 1. The number of anilines is 1. The Morgan fingerprint density at radius 2 is 2.20 bits per heavy atom. The van der Waals surface area contributed by atoms with Crippen molar-refractivity contribution in [1.82, 2.24) is 5.32 Å². The van der Waals surface area contributed by atoms with E-state index in [-0.39, 0.29) is 11.6 Å². The van der Waals surface area contributed by atoms with Gasteiger partial charge in [-0.15, -0.1) is 11.3 Å². The Kier molecular flexibility index (Phi) is 5.86. The smallest absolute Gasteiger partial charge is 0.412 e. The van der Waals surface area contributed by atoms with Crippen molar-refractivity contribution in [3.8, 4) is 0 Å². The maximum Gasteiger partial charge on any atom is 0.412 e. The van der Waals surface area contributed by atoms with Crippen LogP contribution in [0.25, 0.3) is 5.57 Å². The molecule has 0 saturated heterocycles. The third kappa shape index (κ3) is 4.77. The molecule has 0 aromatic carbocycles. The van der Waals surface area contributed by atoms with E-state index in [9.17, 15) is 4.79 Å². The van der Waals surface area contributed by atoms with Crippen molar-refractivity contribution < 1.29 is 9.53 Å². The highest BCUT2D eigenvalue weighted by Gasteiger charge is 2.38. The Labute approximate surface area is 158 Å². The number of thiophene rings is 1. The van der Waals surface area contributed by atoms with Crippen LogP contribution in [0.3, 0.4) is 0 Å². The molecule has 1 aliphatic heterocycles. The maximum atomic E-state index is 12.0. The van der Waals surface area contributed by atoms with Gasteiger partial charge in [0.15, 0.2) is 0 Å². The molecule has 1 aromatic heterocycles. The zero-order valence-electron chi connectivity index (χ0n) is 15.3. The molecule has 2 heterocycles. The van der Waals surface area contributed by atoms with E-state index < -0.39 is 11.7 Å². The lowest BCUT2D eigenvalue weighted by molar-refractivity contribution is 0.0636. The molecule has 4 N–H and O–H groups in total. The minimum atomic E-state index is -0.539. The summed E-state index contributed by atoms with van der Waals surface area (Å²) in [6.45, 7) is 9.45. The minimum absolute atomic E-state index is 0.247. The summed E-state index contributed by atoms with van der Waals surface area (Å²) in [5.74, 6) is 0. The molecule has 2 atom stereocenters. The van der Waals surface area contributed by atoms with Crippen LogP contribution in [0, 0.1) is 5.41 Å². The van der Waals surface area contributed by atoms with Gasteiger partial charge in [-0.05, 0) is 57.5 Å². The number of hydrogen-bond acceptors (Lipinski definition) is 5. The van der Waals surface area contributed by atoms with Crippen LogP contribution in [-0.4, -0.2) is 17.9 Å². The van der Waals surface area contributed by atoms with E-state index in [1.807, 2.05) is 45.3 Å². The van der Waals surface area contributed by atoms with Gasteiger partial charge in [0.1, 0.15) is 5.60 Å². The van der Waals surface area contributed by atoms with E-state index in [1.165, 1.54) is 11.3 Å². The molecule has 138 valence electrons. The molecule has 0 radical (unpaired) electrons. The lowest BCUT2D eigenvalue weighted by Crippen LogP contribution is -2.50. The van der Waals surface area contributed by atoms with Gasteiger partial charge in [0.2, 0.25) is 0 Å². The summed E-state index contributed by atoms with van der Waals surface area (Å²) < 4.78 is 5.29. The average Bonchev–Trinajstić information content (AvgIpc) is 2.87. The fourth-order valence-corrected chi connectivity index (χ4v) is 4.01. The molecule has 0 spiro atoms. The van der Waals surface area contributed by atoms with Crippen LogP contribution in [0.5, 0.6) is 0 Å². The molecule has 25 heavy (non-hydrogen) atoms. The van der Waals surface area contributed by atoms with E-state index in [1.54, 1.807) is 0 Å². The molecule has 0 saturated carbocycles. The fourth-order valence-electron chi connectivity index (χ4n) is 2.90. The number of hydrogen-bond donors (Lipinski definition) is 3. The van der Waals surface area contributed by atoms with Crippen LogP contribution in [0.15, 0.2) is 28.8 Å². The second kappa shape index (κ2) is 7.40. The van der Waals surface area contributed by atoms with Gasteiger partial charge in [0, 0.05) is 15.8 Å². The zero-order valence-corrected chi connectivity index (χ0v) is 16.8. The highest BCUT2D eigenvalue weighted by molar-refractivity contribution is 7.14. The van der Waals surface area contributed by atoms with Crippen molar-refractivity contribution in [2.75, 3.05) is 5.32 Å². The van der Waals surface area contributed by atoms with Gasteiger partial charge in [0.25, 0.3) is 0 Å². The largest absolute Gasteiger partial charge is 0.444 e. The number of nitrogens with two attached hydrogens (primary N) is 1. The van der Waals surface area contributed by atoms with Crippen molar-refractivity contribution >= 4 is 39.6 Å². The van der Waals surface area contributed by atoms with Crippen LogP contribution in [0.4, 0.5) is 9.80 Å². The Bertz CT molecular complexity index is 701. The van der Waals surface area contributed by atoms with Crippen molar-refractivity contribution in [2.24, 2.45) is 11.1 Å². The predicted octanol–water partition coefficient (Wildman–Crippen LogP) is 4.86. The number of amides is 1. The molecule has 0 aliphatic carbocycles. The Balaban J connectivity index is 2.25. The number of nitrogens with one attached hydrogen (secondary N) is 2. The molecule has 0 fully saturated rings. The molecule has 2 unspecified atom stereocenters. The summed E-state index contributed by atoms with van der Waals surface area (Å²) in [5, 5.41) is 9.30. The number of allylic oxidation sites excluding steroid dienone is 2. The Morgan fingerprint density at radius 3 is 2.76 bits per heavy atom. The zero-order chi connectivity index (χ0) is 18.8. The highest BCUT2D eigenvalue weighted by Crippen LogP contribution is 2.45. The van der Waals surface area contributed by atoms with Crippen molar-refractivity contribution in [3.05, 3.63) is 34.3 Å². The monoisotopic (exact) mass is 383 g/mol. The molecule has 1 amide bonds. The van der Waals surface area contributed by atoms with Gasteiger partial charge in [0.05, 0.1) is 11.2 Å². The molecule has 7 heteroatoms. The molecular weight excluding hydrogens is 358 g/mol. The van der Waals surface area contributed by atoms with Crippen molar-refractivity contribution in [1.29, 1.82) is 0 Å². The van der Waals surface area contributed by atoms with Crippen LogP contribution >= 0.6 is 22.9 Å². The third-order valence-electron chi connectivity index (χ3n) is 4.05. The van der Waals surface area contributed by atoms with Gasteiger partial charge < -0.3 is 15.8 Å². The number of halogens is 1. The van der Waals surface area contributed by atoms with Gasteiger partial charge in [-0.25, -0.2) is 4.79 Å². The van der Waals surface area contributed by atoms with Crippen molar-refractivity contribution in [3.63, 3.8) is 0 Å². The SMILES string of the molecule is C/C(Cl)=C(/c1csc(NC(=O)OC(C)(C)C)c1)C1(C)CC=CNC1N. The number of carbonyl (C=O) groups excluding carboxylic acids is 1. The lowest BCUT2D eigenvalue weighted by Gasteiger charge is -2.40. The first-order valence-electron chi connectivity index (χ1n) is 8.15. The van der Waals surface area contributed by atoms with E-state index >= 15 is 0 Å². The van der Waals surface area contributed by atoms with Gasteiger partial charge in [-0.1, -0.05) is 24.6 Å². The predicted molar refractivity (Wildman–Crippen MR) is 106 cm³/mol. The van der Waals surface area contributed by atoms with Crippen LogP contribution in [-0.2, 0) is 4.74 Å². The van der Waals surface area contributed by atoms with E-state index in [0.717, 1.165) is 17.6 Å². The van der Waals surface area contributed by atoms with Crippen LogP contribution < -0.4 is 16.4 Å². The molecular formula is C18H26ClN3O2S. The molecule has 5 nitrogen and oxygen atoms in total. The molecule has 0 bridgehead atoms. The van der Waals surface area contributed by atoms with Crippen LogP contribution in [0.1, 0.15) is 46.6 Å². The second-order valence-corrected chi connectivity index (χ2v) is 8.88. The quantitative estimate of drug-likeness (QED) is 0.696. The van der Waals surface area contributed by atoms with E-state index in [4.69, 9.17) is 22.1 Å². The average molecular weight is 384 g/mol. The summed E-state index contributed by atoms with van der Waals surface area (Å²) in [5.41, 5.74) is 7.36. The topological polar surface area (TPSA) is 76.4 Å². The first kappa shape index (κ1) is 19.8. The molecule has 1 aliphatic rings. The standard InChI is InChI=1S/C18H26ClN3O2S/c1-11(19)14(18(5)7-6-8-21-15(18)20)12-9-13(25-10-12)22-16(23)24-17(2,3)4/h6,8-10,15,21H,7,20H2,1-5H3,(H,22,23)/b14-11+. The van der Waals surface area contributed by atoms with E-state index in [2.05, 4.69) is 23.6 Å². The second-order valence-electron chi connectivity index (χ2n) is 7.40. The lowest BCUT2D eigenvalue weighted by atomic mass is 9.73.